The first-order valence-electron chi connectivity index (χ1n) is 8.85. The number of rotatable bonds is 2. The lowest BCUT2D eigenvalue weighted by atomic mass is 10.00. The molecular formula is C20H20ClFN3O2+. The molecule has 2 N–H and O–H groups in total. The Morgan fingerprint density at radius 2 is 2.04 bits per heavy atom. The van der Waals surface area contributed by atoms with Crippen LogP contribution in [0, 0.1) is 5.82 Å². The number of benzene rings is 1. The lowest BCUT2D eigenvalue weighted by Crippen LogP contribution is -2.93. The zero-order valence-electron chi connectivity index (χ0n) is 15.1. The molecule has 1 aliphatic heterocycles. The van der Waals surface area contributed by atoms with E-state index >= 15 is 0 Å². The number of piperazine rings is 1. The molecule has 0 atom stereocenters. The lowest BCUT2D eigenvalue weighted by molar-refractivity contribution is -0.673. The summed E-state index contributed by atoms with van der Waals surface area (Å²) in [5, 5.41) is 2.57. The smallest absolute Gasteiger partial charge is 0.290 e. The van der Waals surface area contributed by atoms with Crippen LogP contribution in [0.5, 0.6) is 0 Å². The van der Waals surface area contributed by atoms with E-state index in [4.69, 9.17) is 16.0 Å². The Balaban J connectivity index is 1.73. The zero-order valence-corrected chi connectivity index (χ0v) is 15.9. The number of amides is 1. The van der Waals surface area contributed by atoms with Gasteiger partial charge in [-0.05, 0) is 44.2 Å². The molecule has 1 fully saturated rings. The molecule has 3 heterocycles. The van der Waals surface area contributed by atoms with Gasteiger partial charge in [-0.1, -0.05) is 11.6 Å². The maximum Gasteiger partial charge on any atom is 0.290 e. The Morgan fingerprint density at radius 3 is 2.74 bits per heavy atom. The topological polar surface area (TPSA) is 63.0 Å². The highest BCUT2D eigenvalue weighted by molar-refractivity contribution is 6.35. The summed E-state index contributed by atoms with van der Waals surface area (Å²) < 4.78 is 18.9. The summed E-state index contributed by atoms with van der Waals surface area (Å²) in [6, 6.07) is 9.31. The van der Waals surface area contributed by atoms with Crippen molar-refractivity contribution >= 4 is 28.6 Å². The number of carbonyl (C=O) groups excluding carboxylic acids is 1. The Bertz CT molecular complexity index is 1010. The molecule has 1 amide bonds. The molecule has 4 rings (SSSR count). The molecule has 7 heteroatoms. The van der Waals surface area contributed by atoms with E-state index in [2.05, 4.69) is 10.3 Å². The minimum Gasteiger partial charge on any atom is -0.448 e. The van der Waals surface area contributed by atoms with Crippen LogP contribution in [0.15, 0.2) is 40.8 Å². The van der Waals surface area contributed by atoms with Crippen molar-refractivity contribution in [1.29, 1.82) is 0 Å². The van der Waals surface area contributed by atoms with Crippen LogP contribution in [0.1, 0.15) is 24.4 Å². The first-order chi connectivity index (χ1) is 12.8. The van der Waals surface area contributed by atoms with Crippen LogP contribution in [0.25, 0.3) is 22.4 Å². The molecule has 3 aromatic rings. The van der Waals surface area contributed by atoms with E-state index in [9.17, 15) is 9.18 Å². The fourth-order valence-electron chi connectivity index (χ4n) is 3.46. The van der Waals surface area contributed by atoms with Crippen LogP contribution in [0.3, 0.4) is 0 Å². The Morgan fingerprint density at radius 1 is 1.30 bits per heavy atom. The maximum atomic E-state index is 13.2. The molecule has 0 aliphatic carbocycles. The summed E-state index contributed by atoms with van der Waals surface area (Å²) in [4.78, 5) is 19.4. The van der Waals surface area contributed by atoms with Gasteiger partial charge in [-0.2, -0.15) is 0 Å². The monoisotopic (exact) mass is 388 g/mol. The third kappa shape index (κ3) is 3.31. The van der Waals surface area contributed by atoms with Crippen molar-refractivity contribution in [1.82, 2.24) is 9.88 Å². The van der Waals surface area contributed by atoms with Crippen molar-refractivity contribution in [2.75, 3.05) is 19.6 Å². The van der Waals surface area contributed by atoms with Crippen LogP contribution in [-0.2, 0) is 0 Å². The number of pyridine rings is 1. The average Bonchev–Trinajstić information content (AvgIpc) is 3.06. The number of aromatic nitrogens is 1. The first kappa shape index (κ1) is 17.9. The van der Waals surface area contributed by atoms with E-state index in [1.54, 1.807) is 24.3 Å². The van der Waals surface area contributed by atoms with Crippen molar-refractivity contribution in [2.45, 2.75) is 19.4 Å². The first-order valence-corrected chi connectivity index (χ1v) is 9.23. The van der Waals surface area contributed by atoms with Gasteiger partial charge in [0.15, 0.2) is 11.3 Å². The number of hydrogen-bond donors (Lipinski definition) is 1. The van der Waals surface area contributed by atoms with Gasteiger partial charge in [0.1, 0.15) is 11.3 Å². The van der Waals surface area contributed by atoms with E-state index in [-0.39, 0.29) is 23.0 Å². The molecule has 0 radical (unpaired) electrons. The zero-order chi connectivity index (χ0) is 19.2. The molecule has 0 spiro atoms. The average molecular weight is 389 g/mol. The van der Waals surface area contributed by atoms with Crippen LogP contribution in [-0.4, -0.2) is 41.0 Å². The number of quaternary nitrogens is 1. The molecule has 0 bridgehead atoms. The molecule has 5 nitrogen and oxygen atoms in total. The number of fused-ring (bicyclic) bond motifs is 1. The molecule has 1 saturated heterocycles. The van der Waals surface area contributed by atoms with Gasteiger partial charge in [0.05, 0.1) is 35.9 Å². The van der Waals surface area contributed by atoms with E-state index in [1.807, 2.05) is 18.7 Å². The largest absolute Gasteiger partial charge is 0.448 e. The van der Waals surface area contributed by atoms with Gasteiger partial charge >= 0.3 is 0 Å². The van der Waals surface area contributed by atoms with Crippen molar-refractivity contribution < 1.29 is 18.9 Å². The second-order valence-corrected chi connectivity index (χ2v) is 7.78. The van der Waals surface area contributed by atoms with E-state index in [1.165, 1.54) is 12.1 Å². The van der Waals surface area contributed by atoms with Crippen molar-refractivity contribution in [3.8, 4) is 11.3 Å². The van der Waals surface area contributed by atoms with Crippen molar-refractivity contribution in [2.24, 2.45) is 0 Å². The lowest BCUT2D eigenvalue weighted by Gasteiger charge is -2.39. The highest BCUT2D eigenvalue weighted by atomic mass is 35.5. The highest BCUT2D eigenvalue weighted by Crippen LogP contribution is 2.31. The predicted octanol–water partition coefficient (Wildman–Crippen LogP) is 3.09. The number of halogens is 2. The third-order valence-corrected chi connectivity index (χ3v) is 5.24. The van der Waals surface area contributed by atoms with Crippen LogP contribution < -0.4 is 5.32 Å². The minimum absolute atomic E-state index is 0.162. The minimum atomic E-state index is -0.316. The number of nitrogens with zero attached hydrogens (tertiary/aromatic N) is 2. The van der Waals surface area contributed by atoms with Gasteiger partial charge in [-0.25, -0.2) is 9.37 Å². The van der Waals surface area contributed by atoms with Gasteiger partial charge in [-0.3, -0.25) is 4.79 Å². The molecule has 2 aromatic heterocycles. The maximum absolute atomic E-state index is 13.2. The molecule has 140 valence electrons. The van der Waals surface area contributed by atoms with Crippen LogP contribution in [0.4, 0.5) is 4.39 Å². The molecule has 0 saturated carbocycles. The summed E-state index contributed by atoms with van der Waals surface area (Å²) in [5.74, 6) is -0.250. The van der Waals surface area contributed by atoms with Gasteiger partial charge in [0.2, 0.25) is 0 Å². The normalized spacial score (nSPS) is 16.7. The highest BCUT2D eigenvalue weighted by Gasteiger charge is 2.37. The quantitative estimate of drug-likeness (QED) is 0.733. The van der Waals surface area contributed by atoms with Gasteiger partial charge < -0.3 is 14.6 Å². The van der Waals surface area contributed by atoms with Crippen LogP contribution in [0.2, 0.25) is 5.02 Å². The third-order valence-electron chi connectivity index (χ3n) is 4.96. The molecule has 0 unspecified atom stereocenters. The molecule has 1 aliphatic rings. The number of furan rings is 1. The summed E-state index contributed by atoms with van der Waals surface area (Å²) in [6.45, 7) is 6.45. The van der Waals surface area contributed by atoms with E-state index in [0.29, 0.717) is 28.4 Å². The summed E-state index contributed by atoms with van der Waals surface area (Å²) in [7, 11) is 0. The fraction of sp³-hybridized carbons (Fsp3) is 0.300. The van der Waals surface area contributed by atoms with E-state index in [0.717, 1.165) is 18.7 Å². The predicted molar refractivity (Wildman–Crippen MR) is 101 cm³/mol. The molecule has 27 heavy (non-hydrogen) atoms. The Labute approximate surface area is 161 Å². The van der Waals surface area contributed by atoms with Crippen LogP contribution >= 0.6 is 11.6 Å². The van der Waals surface area contributed by atoms with Gasteiger partial charge in [-0.15, -0.1) is 0 Å². The van der Waals surface area contributed by atoms with E-state index < -0.39 is 0 Å². The standard InChI is InChI=1S/C20H19ClFN3O2/c1-20(2)11-23-7-8-25(20)19(26)17-10-16-18(27-17)14(21)9-15(24-16)12-3-5-13(22)6-4-12/h3-6,9-10,23H,7-8,11H2,1-2H3/p+1. The fourth-order valence-corrected chi connectivity index (χ4v) is 3.69. The SMILES string of the molecule is CC1(C)C[NH2+]CCN1C(=O)c1cc2nc(-c3ccc(F)cc3)cc(Cl)c2o1. The second kappa shape index (κ2) is 6.62. The number of carbonyl (C=O) groups is 1. The Hall–Kier alpha value is -2.44. The summed E-state index contributed by atoms with van der Waals surface area (Å²) >= 11 is 6.37. The molecular weight excluding hydrogens is 369 g/mol. The summed E-state index contributed by atoms with van der Waals surface area (Å²) in [5.41, 5.74) is 1.96. The summed E-state index contributed by atoms with van der Waals surface area (Å²) in [6.07, 6.45) is 0. The Kier molecular flexibility index (Phi) is 4.40. The van der Waals surface area contributed by atoms with Gasteiger partial charge in [0, 0.05) is 11.6 Å². The number of hydrogen-bond acceptors (Lipinski definition) is 3. The second-order valence-electron chi connectivity index (χ2n) is 7.37. The number of nitrogens with two attached hydrogens (primary N) is 1. The van der Waals surface area contributed by atoms with Gasteiger partial charge in [0.25, 0.3) is 5.91 Å². The van der Waals surface area contributed by atoms with Crippen molar-refractivity contribution in [3.05, 3.63) is 53.0 Å². The van der Waals surface area contributed by atoms with Crippen molar-refractivity contribution in [3.63, 3.8) is 0 Å². The molecule has 1 aromatic carbocycles.